The molecule has 1 atom stereocenters. The van der Waals surface area contributed by atoms with E-state index in [2.05, 4.69) is 5.32 Å². The van der Waals surface area contributed by atoms with Crippen molar-refractivity contribution >= 4 is 5.78 Å². The van der Waals surface area contributed by atoms with Crippen LogP contribution in [-0.2, 0) is 11.0 Å². The predicted octanol–water partition coefficient (Wildman–Crippen LogP) is 4.97. The summed E-state index contributed by atoms with van der Waals surface area (Å²) in [5.41, 5.74) is -1.03. The Hall–Kier alpha value is -2.62. The summed E-state index contributed by atoms with van der Waals surface area (Å²) in [7, 11) is 0. The molecule has 1 heterocycles. The summed E-state index contributed by atoms with van der Waals surface area (Å²) in [5, 5.41) is 12.6. The summed E-state index contributed by atoms with van der Waals surface area (Å²) >= 11 is 0. The first kappa shape index (κ1) is 19.2. The summed E-state index contributed by atoms with van der Waals surface area (Å²) in [6.45, 7) is 5.07. The van der Waals surface area contributed by atoms with Crippen LogP contribution >= 0.6 is 0 Å². The van der Waals surface area contributed by atoms with E-state index >= 15 is 0 Å². The monoisotopic (exact) mass is 378 g/mol. The van der Waals surface area contributed by atoms with Crippen molar-refractivity contribution in [1.29, 1.82) is 5.26 Å². The molecule has 7 heteroatoms. The summed E-state index contributed by atoms with van der Waals surface area (Å²) in [6, 6.07) is 4.32. The molecule has 27 heavy (non-hydrogen) atoms. The van der Waals surface area contributed by atoms with Gasteiger partial charge in [-0.15, -0.1) is 0 Å². The Morgan fingerprint density at radius 2 is 1.96 bits per heavy atom. The van der Waals surface area contributed by atoms with Gasteiger partial charge in [0.15, 0.2) is 5.78 Å². The number of nitrogens with zero attached hydrogens (tertiary/aromatic N) is 1. The molecule has 1 N–H and O–H groups in total. The lowest BCUT2D eigenvalue weighted by Gasteiger charge is -2.39. The number of alkyl halides is 3. The van der Waals surface area contributed by atoms with Crippen molar-refractivity contribution in [3.8, 4) is 6.07 Å². The van der Waals surface area contributed by atoms with E-state index in [0.29, 0.717) is 30.3 Å². The average Bonchev–Trinajstić information content (AvgIpc) is 2.57. The van der Waals surface area contributed by atoms with E-state index in [1.807, 2.05) is 6.07 Å². The van der Waals surface area contributed by atoms with Crippen LogP contribution in [0.3, 0.4) is 0 Å². The van der Waals surface area contributed by atoms with Crippen LogP contribution in [0.2, 0.25) is 0 Å². The zero-order chi connectivity index (χ0) is 20.1. The van der Waals surface area contributed by atoms with E-state index in [9.17, 15) is 27.6 Å². The van der Waals surface area contributed by atoms with Crippen LogP contribution in [0.5, 0.6) is 0 Å². The first-order valence-electron chi connectivity index (χ1n) is 8.49. The van der Waals surface area contributed by atoms with Gasteiger partial charge in [0.2, 0.25) is 0 Å². The SMILES string of the molecule is CC1=C(C#N)C(c2ccc(F)cc2C(F)(F)F)C2=C(CCC(C)(C)C2=O)N1. The Morgan fingerprint density at radius 1 is 1.30 bits per heavy atom. The van der Waals surface area contributed by atoms with E-state index in [4.69, 9.17) is 0 Å². The molecule has 0 radical (unpaired) electrons. The van der Waals surface area contributed by atoms with Gasteiger partial charge in [-0.3, -0.25) is 4.79 Å². The van der Waals surface area contributed by atoms with Crippen LogP contribution in [0.15, 0.2) is 40.7 Å². The van der Waals surface area contributed by atoms with Crippen LogP contribution in [0.1, 0.15) is 50.7 Å². The lowest BCUT2D eigenvalue weighted by molar-refractivity contribution is -0.138. The predicted molar refractivity (Wildman–Crippen MR) is 90.6 cm³/mol. The normalized spacial score (nSPS) is 22.3. The molecule has 0 saturated heterocycles. The van der Waals surface area contributed by atoms with Crippen molar-refractivity contribution in [2.45, 2.75) is 45.7 Å². The Bertz CT molecular complexity index is 932. The van der Waals surface area contributed by atoms with Gasteiger partial charge < -0.3 is 5.32 Å². The van der Waals surface area contributed by atoms with Gasteiger partial charge in [0.1, 0.15) is 5.82 Å². The quantitative estimate of drug-likeness (QED) is 0.702. The van der Waals surface area contributed by atoms with Gasteiger partial charge in [0, 0.05) is 22.4 Å². The van der Waals surface area contributed by atoms with E-state index in [1.54, 1.807) is 20.8 Å². The zero-order valence-corrected chi connectivity index (χ0v) is 15.1. The van der Waals surface area contributed by atoms with Gasteiger partial charge in [-0.1, -0.05) is 19.9 Å². The standard InChI is InChI=1S/C20H18F4N2O/c1-10-13(9-25)16(12-5-4-11(21)8-14(12)20(22,23)24)17-15(26-10)6-7-19(2,3)18(17)27/h4-5,8,16,26H,6-7H2,1-3H3. The third kappa shape index (κ3) is 3.14. The van der Waals surface area contributed by atoms with Crippen LogP contribution < -0.4 is 5.32 Å². The number of rotatable bonds is 1. The van der Waals surface area contributed by atoms with Gasteiger partial charge in [-0.05, 0) is 37.5 Å². The van der Waals surface area contributed by atoms with E-state index in [-0.39, 0.29) is 22.5 Å². The maximum atomic E-state index is 13.6. The van der Waals surface area contributed by atoms with Crippen molar-refractivity contribution in [1.82, 2.24) is 5.32 Å². The van der Waals surface area contributed by atoms with E-state index in [0.717, 1.165) is 12.1 Å². The number of dihydropyridines is 1. The molecular weight excluding hydrogens is 360 g/mol. The number of nitrogens with one attached hydrogen (secondary N) is 1. The minimum Gasteiger partial charge on any atom is -0.361 e. The fourth-order valence-electron chi connectivity index (χ4n) is 3.76. The van der Waals surface area contributed by atoms with Gasteiger partial charge in [-0.25, -0.2) is 4.39 Å². The maximum absolute atomic E-state index is 13.6. The summed E-state index contributed by atoms with van der Waals surface area (Å²) in [6.07, 6.45) is -3.77. The maximum Gasteiger partial charge on any atom is 0.416 e. The van der Waals surface area contributed by atoms with Crippen LogP contribution in [0.25, 0.3) is 0 Å². The molecule has 1 aliphatic heterocycles. The van der Waals surface area contributed by atoms with Crippen molar-refractivity contribution in [3.05, 3.63) is 57.7 Å². The number of hydrogen-bond donors (Lipinski definition) is 1. The van der Waals surface area contributed by atoms with Gasteiger partial charge in [0.05, 0.1) is 23.1 Å². The van der Waals surface area contributed by atoms with Gasteiger partial charge in [0.25, 0.3) is 0 Å². The minimum absolute atomic E-state index is 0.0388. The molecule has 3 nitrogen and oxygen atoms in total. The average molecular weight is 378 g/mol. The number of Topliss-reactive ketones (excluding diaryl/α,β-unsaturated/α-hetero) is 1. The summed E-state index contributed by atoms with van der Waals surface area (Å²) in [5.74, 6) is -2.49. The highest BCUT2D eigenvalue weighted by molar-refractivity contribution is 6.03. The Kier molecular flexibility index (Phi) is 4.41. The van der Waals surface area contributed by atoms with Gasteiger partial charge in [-0.2, -0.15) is 18.4 Å². The molecular formula is C20H18F4N2O. The Balaban J connectivity index is 2.31. The third-order valence-corrected chi connectivity index (χ3v) is 5.26. The van der Waals surface area contributed by atoms with Crippen molar-refractivity contribution < 1.29 is 22.4 Å². The number of halogens is 4. The molecule has 3 rings (SSSR count). The van der Waals surface area contributed by atoms with Gasteiger partial charge >= 0.3 is 6.18 Å². The molecule has 142 valence electrons. The highest BCUT2D eigenvalue weighted by atomic mass is 19.4. The molecule has 0 spiro atoms. The number of carbonyl (C=O) groups is 1. The molecule has 1 aromatic carbocycles. The van der Waals surface area contributed by atoms with Crippen LogP contribution in [-0.4, -0.2) is 5.78 Å². The third-order valence-electron chi connectivity index (χ3n) is 5.26. The van der Waals surface area contributed by atoms with Crippen molar-refractivity contribution in [3.63, 3.8) is 0 Å². The number of allylic oxidation sites excluding steroid dienone is 4. The molecule has 0 bridgehead atoms. The molecule has 2 aliphatic rings. The first-order valence-corrected chi connectivity index (χ1v) is 8.49. The van der Waals surface area contributed by atoms with Crippen LogP contribution in [0.4, 0.5) is 17.6 Å². The van der Waals surface area contributed by atoms with E-state index < -0.39 is 28.9 Å². The second kappa shape index (κ2) is 6.22. The zero-order valence-electron chi connectivity index (χ0n) is 15.1. The topological polar surface area (TPSA) is 52.9 Å². The second-order valence-electron chi connectivity index (χ2n) is 7.54. The molecule has 1 aromatic rings. The second-order valence-corrected chi connectivity index (χ2v) is 7.54. The smallest absolute Gasteiger partial charge is 0.361 e. The van der Waals surface area contributed by atoms with Crippen molar-refractivity contribution in [2.24, 2.45) is 5.41 Å². The van der Waals surface area contributed by atoms with E-state index in [1.165, 1.54) is 0 Å². The number of benzene rings is 1. The molecule has 0 amide bonds. The number of ketones is 1. The van der Waals surface area contributed by atoms with Crippen molar-refractivity contribution in [2.75, 3.05) is 0 Å². The Labute approximate surface area is 154 Å². The number of hydrogen-bond acceptors (Lipinski definition) is 3. The fourth-order valence-corrected chi connectivity index (χ4v) is 3.76. The lowest BCUT2D eigenvalue weighted by Crippen LogP contribution is -2.39. The summed E-state index contributed by atoms with van der Waals surface area (Å²) < 4.78 is 54.4. The highest BCUT2D eigenvalue weighted by Gasteiger charge is 2.46. The number of nitriles is 1. The number of carbonyl (C=O) groups excluding carboxylic acids is 1. The molecule has 0 fully saturated rings. The van der Waals surface area contributed by atoms with Crippen LogP contribution in [0, 0.1) is 22.6 Å². The first-order chi connectivity index (χ1) is 12.5. The minimum atomic E-state index is -4.81. The molecule has 0 aromatic heterocycles. The Morgan fingerprint density at radius 3 is 2.56 bits per heavy atom. The molecule has 1 aliphatic carbocycles. The largest absolute Gasteiger partial charge is 0.416 e. The lowest BCUT2D eigenvalue weighted by atomic mass is 9.67. The fraction of sp³-hybridized carbons (Fsp3) is 0.400. The molecule has 0 saturated carbocycles. The summed E-state index contributed by atoms with van der Waals surface area (Å²) in [4.78, 5) is 13.1. The highest BCUT2D eigenvalue weighted by Crippen LogP contribution is 2.49. The molecule has 1 unspecified atom stereocenters.